The lowest BCUT2D eigenvalue weighted by Gasteiger charge is -2.02. The SMILES string of the molecule is CCOC(=O)c1csc(NC(=O)c2ccc(=O)n(C)n2)n1. The number of aryl methyl sites for hydroxylation is 1. The zero-order valence-corrected chi connectivity index (χ0v) is 12.1. The van der Waals surface area contributed by atoms with Crippen LogP contribution in [0, 0.1) is 0 Å². The van der Waals surface area contributed by atoms with Crippen LogP contribution in [0.25, 0.3) is 0 Å². The van der Waals surface area contributed by atoms with E-state index in [4.69, 9.17) is 4.74 Å². The maximum atomic E-state index is 11.9. The van der Waals surface area contributed by atoms with Crippen LogP contribution in [0.1, 0.15) is 27.9 Å². The number of anilines is 1. The van der Waals surface area contributed by atoms with E-state index in [1.807, 2.05) is 0 Å². The van der Waals surface area contributed by atoms with Crippen molar-refractivity contribution in [3.8, 4) is 0 Å². The van der Waals surface area contributed by atoms with Crippen molar-refractivity contribution in [2.75, 3.05) is 11.9 Å². The molecule has 0 fully saturated rings. The molecule has 2 rings (SSSR count). The molecule has 0 aliphatic heterocycles. The molecule has 0 saturated heterocycles. The van der Waals surface area contributed by atoms with Gasteiger partial charge >= 0.3 is 5.97 Å². The van der Waals surface area contributed by atoms with E-state index in [-0.39, 0.29) is 28.7 Å². The molecule has 1 amide bonds. The summed E-state index contributed by atoms with van der Waals surface area (Å²) in [7, 11) is 1.45. The quantitative estimate of drug-likeness (QED) is 0.832. The minimum absolute atomic E-state index is 0.0741. The van der Waals surface area contributed by atoms with Gasteiger partial charge in [0.25, 0.3) is 11.5 Å². The van der Waals surface area contributed by atoms with E-state index in [1.54, 1.807) is 6.92 Å². The Kier molecular flexibility index (Phi) is 4.43. The molecule has 0 unspecified atom stereocenters. The van der Waals surface area contributed by atoms with Gasteiger partial charge in [-0.05, 0) is 13.0 Å². The van der Waals surface area contributed by atoms with Gasteiger partial charge < -0.3 is 4.74 Å². The number of ether oxygens (including phenoxy) is 1. The molecule has 21 heavy (non-hydrogen) atoms. The fraction of sp³-hybridized carbons (Fsp3) is 0.250. The van der Waals surface area contributed by atoms with E-state index in [0.29, 0.717) is 0 Å². The summed E-state index contributed by atoms with van der Waals surface area (Å²) in [5.74, 6) is -1.06. The van der Waals surface area contributed by atoms with Gasteiger partial charge in [0.15, 0.2) is 10.8 Å². The predicted octanol–water partition coefficient (Wildman–Crippen LogP) is 0.666. The predicted molar refractivity (Wildman–Crippen MR) is 75.5 cm³/mol. The number of esters is 1. The van der Waals surface area contributed by atoms with E-state index < -0.39 is 11.9 Å². The van der Waals surface area contributed by atoms with E-state index in [1.165, 1.54) is 24.6 Å². The second-order valence-electron chi connectivity index (χ2n) is 3.89. The van der Waals surface area contributed by atoms with Crippen LogP contribution in [0.5, 0.6) is 0 Å². The van der Waals surface area contributed by atoms with Gasteiger partial charge in [-0.2, -0.15) is 5.10 Å². The van der Waals surface area contributed by atoms with Crippen molar-refractivity contribution >= 4 is 28.3 Å². The highest BCUT2D eigenvalue weighted by Gasteiger charge is 2.15. The maximum absolute atomic E-state index is 11.9. The van der Waals surface area contributed by atoms with Crippen molar-refractivity contribution in [2.24, 2.45) is 7.05 Å². The summed E-state index contributed by atoms with van der Waals surface area (Å²) in [4.78, 5) is 38.5. The first kappa shape index (κ1) is 14.9. The first-order valence-electron chi connectivity index (χ1n) is 5.99. The first-order chi connectivity index (χ1) is 10.0. The molecule has 0 atom stereocenters. The fourth-order valence-corrected chi connectivity index (χ4v) is 2.09. The molecule has 2 aromatic heterocycles. The molecule has 1 N–H and O–H groups in total. The number of amides is 1. The van der Waals surface area contributed by atoms with Crippen molar-refractivity contribution in [3.63, 3.8) is 0 Å². The van der Waals surface area contributed by atoms with Crippen LogP contribution in [0.3, 0.4) is 0 Å². The van der Waals surface area contributed by atoms with E-state index >= 15 is 0 Å². The highest BCUT2D eigenvalue weighted by Crippen LogP contribution is 2.16. The van der Waals surface area contributed by atoms with Crippen LogP contribution < -0.4 is 10.9 Å². The lowest BCUT2D eigenvalue weighted by molar-refractivity contribution is 0.0520. The van der Waals surface area contributed by atoms with Crippen molar-refractivity contribution < 1.29 is 14.3 Å². The van der Waals surface area contributed by atoms with Crippen molar-refractivity contribution in [2.45, 2.75) is 6.92 Å². The summed E-state index contributed by atoms with van der Waals surface area (Å²) < 4.78 is 5.86. The Balaban J connectivity index is 2.11. The monoisotopic (exact) mass is 308 g/mol. The molecule has 0 bridgehead atoms. The van der Waals surface area contributed by atoms with Crippen molar-refractivity contribution in [3.05, 3.63) is 39.3 Å². The van der Waals surface area contributed by atoms with Gasteiger partial charge in [-0.15, -0.1) is 11.3 Å². The molecule has 0 radical (unpaired) electrons. The Morgan fingerprint density at radius 1 is 1.38 bits per heavy atom. The van der Waals surface area contributed by atoms with Gasteiger partial charge in [0.2, 0.25) is 0 Å². The molecule has 0 aliphatic carbocycles. The van der Waals surface area contributed by atoms with Crippen LogP contribution in [0.15, 0.2) is 22.3 Å². The molecule has 9 heteroatoms. The largest absolute Gasteiger partial charge is 0.461 e. The van der Waals surface area contributed by atoms with E-state index in [9.17, 15) is 14.4 Å². The standard InChI is InChI=1S/C12H12N4O4S/c1-3-20-11(19)8-6-21-12(13-8)14-10(18)7-4-5-9(17)16(2)15-7/h4-6H,3H2,1-2H3,(H,13,14,18). The number of thiazole rings is 1. The molecule has 0 aliphatic rings. The second kappa shape index (κ2) is 6.27. The number of nitrogens with zero attached hydrogens (tertiary/aromatic N) is 3. The Hall–Kier alpha value is -2.55. The molecule has 2 aromatic rings. The summed E-state index contributed by atoms with van der Waals surface area (Å²) in [6, 6.07) is 2.56. The summed E-state index contributed by atoms with van der Waals surface area (Å²) >= 11 is 1.09. The van der Waals surface area contributed by atoms with Gasteiger partial charge in [0.1, 0.15) is 5.69 Å². The number of nitrogens with one attached hydrogen (secondary N) is 1. The number of aromatic nitrogens is 3. The lowest BCUT2D eigenvalue weighted by atomic mass is 10.4. The summed E-state index contributed by atoms with van der Waals surface area (Å²) in [5.41, 5.74) is -0.110. The fourth-order valence-electron chi connectivity index (χ4n) is 1.41. The van der Waals surface area contributed by atoms with Gasteiger partial charge in [-0.1, -0.05) is 0 Å². The number of carbonyl (C=O) groups is 2. The van der Waals surface area contributed by atoms with Gasteiger partial charge in [-0.3, -0.25) is 14.9 Å². The summed E-state index contributed by atoms with van der Waals surface area (Å²) in [5, 5.41) is 8.06. The average Bonchev–Trinajstić information content (AvgIpc) is 2.90. The van der Waals surface area contributed by atoms with Gasteiger partial charge in [0.05, 0.1) is 6.61 Å². The first-order valence-corrected chi connectivity index (χ1v) is 6.87. The smallest absolute Gasteiger partial charge is 0.357 e. The molecule has 110 valence electrons. The molecule has 0 aromatic carbocycles. The molecule has 0 saturated carbocycles. The van der Waals surface area contributed by atoms with Crippen LogP contribution in [-0.2, 0) is 11.8 Å². The number of rotatable bonds is 4. The third-order valence-corrected chi connectivity index (χ3v) is 3.16. The minimum Gasteiger partial charge on any atom is -0.461 e. The van der Waals surface area contributed by atoms with Crippen LogP contribution in [0.4, 0.5) is 5.13 Å². The highest BCUT2D eigenvalue weighted by molar-refractivity contribution is 7.14. The van der Waals surface area contributed by atoms with Crippen LogP contribution >= 0.6 is 11.3 Å². The Morgan fingerprint density at radius 3 is 2.81 bits per heavy atom. The van der Waals surface area contributed by atoms with Gasteiger partial charge in [0, 0.05) is 18.5 Å². The maximum Gasteiger partial charge on any atom is 0.357 e. The summed E-state index contributed by atoms with van der Waals surface area (Å²) in [6.07, 6.45) is 0. The van der Waals surface area contributed by atoms with Crippen LogP contribution in [0.2, 0.25) is 0 Å². The number of carbonyl (C=O) groups excluding carboxylic acids is 2. The number of hydrogen-bond acceptors (Lipinski definition) is 7. The molecular formula is C12H12N4O4S. The lowest BCUT2D eigenvalue weighted by Crippen LogP contribution is -2.23. The van der Waals surface area contributed by atoms with Crippen molar-refractivity contribution in [1.29, 1.82) is 0 Å². The van der Waals surface area contributed by atoms with E-state index in [2.05, 4.69) is 15.4 Å². The Bertz CT molecular complexity index is 737. The van der Waals surface area contributed by atoms with Gasteiger partial charge in [-0.25, -0.2) is 14.5 Å². The molecular weight excluding hydrogens is 296 g/mol. The third-order valence-electron chi connectivity index (χ3n) is 2.40. The molecule has 8 nitrogen and oxygen atoms in total. The zero-order valence-electron chi connectivity index (χ0n) is 11.3. The Morgan fingerprint density at radius 2 is 2.14 bits per heavy atom. The summed E-state index contributed by atoms with van der Waals surface area (Å²) in [6.45, 7) is 1.94. The highest BCUT2D eigenvalue weighted by atomic mass is 32.1. The topological polar surface area (TPSA) is 103 Å². The van der Waals surface area contributed by atoms with Crippen LogP contribution in [-0.4, -0.2) is 33.2 Å². The average molecular weight is 308 g/mol. The second-order valence-corrected chi connectivity index (χ2v) is 4.75. The Labute approximate surface area is 123 Å². The third kappa shape index (κ3) is 3.51. The normalized spacial score (nSPS) is 10.2. The van der Waals surface area contributed by atoms with Crippen molar-refractivity contribution in [1.82, 2.24) is 14.8 Å². The minimum atomic E-state index is -0.547. The zero-order chi connectivity index (χ0) is 15.4. The number of hydrogen-bond donors (Lipinski definition) is 1. The molecule has 0 spiro atoms. The molecule has 2 heterocycles. The van der Waals surface area contributed by atoms with E-state index in [0.717, 1.165) is 16.0 Å².